The van der Waals surface area contributed by atoms with E-state index in [1.165, 1.54) is 6.07 Å². The van der Waals surface area contributed by atoms with Gasteiger partial charge >= 0.3 is 0 Å². The topological polar surface area (TPSA) is 41.5 Å². The predicted octanol–water partition coefficient (Wildman–Crippen LogP) is 2.80. The number of aliphatic hydroxyl groups is 1. The van der Waals surface area contributed by atoms with Crippen LogP contribution in [0.5, 0.6) is 5.75 Å². The number of hydrogen-bond donors (Lipinski definition) is 2. The number of ether oxygens (including phenoxy) is 1. The molecule has 0 aliphatic heterocycles. The Balaban J connectivity index is 1.96. The number of aliphatic hydroxyl groups excluding tert-OH is 1. The molecule has 0 spiro atoms. The molecule has 2 N–H and O–H groups in total. The third-order valence-electron chi connectivity index (χ3n) is 4.06. The van der Waals surface area contributed by atoms with Crippen molar-refractivity contribution in [1.82, 2.24) is 5.32 Å². The Hall–Kier alpha value is -1.13. The monoisotopic (exact) mass is 281 g/mol. The van der Waals surface area contributed by atoms with Crippen LogP contribution in [0.2, 0.25) is 0 Å². The quantitative estimate of drug-likeness (QED) is 0.842. The van der Waals surface area contributed by atoms with Crippen LogP contribution in [-0.4, -0.2) is 29.9 Å². The molecule has 2 unspecified atom stereocenters. The lowest BCUT2D eigenvalue weighted by atomic mass is 9.98. The third kappa shape index (κ3) is 3.49. The molecule has 3 nitrogen and oxygen atoms in total. The fraction of sp³-hybridized carbons (Fsp3) is 0.625. The van der Waals surface area contributed by atoms with Gasteiger partial charge in [0.05, 0.1) is 6.61 Å². The van der Waals surface area contributed by atoms with Crippen molar-refractivity contribution in [2.75, 3.05) is 13.2 Å². The van der Waals surface area contributed by atoms with Gasteiger partial charge in [-0.15, -0.1) is 0 Å². The van der Waals surface area contributed by atoms with E-state index in [2.05, 4.69) is 12.2 Å². The molecule has 20 heavy (non-hydrogen) atoms. The van der Waals surface area contributed by atoms with Crippen LogP contribution in [0.1, 0.15) is 38.2 Å². The van der Waals surface area contributed by atoms with Gasteiger partial charge in [-0.3, -0.25) is 0 Å². The molecule has 112 valence electrons. The summed E-state index contributed by atoms with van der Waals surface area (Å²) in [7, 11) is 0. The molecule has 1 saturated carbocycles. The van der Waals surface area contributed by atoms with E-state index in [0.717, 1.165) is 32.2 Å². The molecule has 2 atom stereocenters. The van der Waals surface area contributed by atoms with Crippen molar-refractivity contribution < 1.29 is 14.2 Å². The summed E-state index contributed by atoms with van der Waals surface area (Å²) < 4.78 is 19.4. The lowest BCUT2D eigenvalue weighted by Crippen LogP contribution is -2.47. The second-order valence-electron chi connectivity index (χ2n) is 5.76. The summed E-state index contributed by atoms with van der Waals surface area (Å²) in [4.78, 5) is 0. The first-order valence-corrected chi connectivity index (χ1v) is 7.37. The Morgan fingerprint density at radius 2 is 2.30 bits per heavy atom. The molecule has 0 bridgehead atoms. The van der Waals surface area contributed by atoms with E-state index in [1.54, 1.807) is 19.1 Å². The number of rotatable bonds is 6. The molecular weight excluding hydrogens is 257 g/mol. The highest BCUT2D eigenvalue weighted by molar-refractivity contribution is 5.28. The average molecular weight is 281 g/mol. The van der Waals surface area contributed by atoms with Crippen LogP contribution in [-0.2, 0) is 0 Å². The highest BCUT2D eigenvalue weighted by Crippen LogP contribution is 2.33. The standard InChI is InChI=1S/C16H24FNO2/c1-3-8-18-16(11-19)7-6-14(10-16)20-13-5-4-12(2)15(17)9-13/h4-5,9,14,18-19H,3,6-8,10-11H2,1-2H3. The molecule has 1 aromatic rings. The van der Waals surface area contributed by atoms with E-state index in [0.29, 0.717) is 11.3 Å². The van der Waals surface area contributed by atoms with Crippen molar-refractivity contribution in [3.63, 3.8) is 0 Å². The molecule has 1 fully saturated rings. The predicted molar refractivity (Wildman–Crippen MR) is 77.5 cm³/mol. The first-order valence-electron chi connectivity index (χ1n) is 7.37. The molecule has 0 amide bonds. The first-order chi connectivity index (χ1) is 9.58. The van der Waals surface area contributed by atoms with Gasteiger partial charge in [0.1, 0.15) is 17.7 Å². The summed E-state index contributed by atoms with van der Waals surface area (Å²) in [5.41, 5.74) is 0.391. The summed E-state index contributed by atoms with van der Waals surface area (Å²) >= 11 is 0. The van der Waals surface area contributed by atoms with Crippen LogP contribution in [0.4, 0.5) is 4.39 Å². The maximum absolute atomic E-state index is 13.5. The van der Waals surface area contributed by atoms with Gasteiger partial charge in [-0.25, -0.2) is 4.39 Å². The molecular formula is C16H24FNO2. The van der Waals surface area contributed by atoms with Gasteiger partial charge in [-0.05, 0) is 44.4 Å². The van der Waals surface area contributed by atoms with Crippen LogP contribution >= 0.6 is 0 Å². The molecule has 1 aromatic carbocycles. The second-order valence-corrected chi connectivity index (χ2v) is 5.76. The number of benzene rings is 1. The maximum atomic E-state index is 13.5. The van der Waals surface area contributed by atoms with Gasteiger partial charge in [0, 0.05) is 18.0 Å². The normalized spacial score (nSPS) is 25.9. The van der Waals surface area contributed by atoms with Gasteiger partial charge in [0.25, 0.3) is 0 Å². The minimum Gasteiger partial charge on any atom is -0.490 e. The van der Waals surface area contributed by atoms with E-state index in [4.69, 9.17) is 4.74 Å². The minimum absolute atomic E-state index is 0.0358. The zero-order valence-electron chi connectivity index (χ0n) is 12.3. The zero-order chi connectivity index (χ0) is 14.6. The molecule has 4 heteroatoms. The maximum Gasteiger partial charge on any atom is 0.129 e. The average Bonchev–Trinajstić information content (AvgIpc) is 2.85. The fourth-order valence-corrected chi connectivity index (χ4v) is 2.77. The summed E-state index contributed by atoms with van der Waals surface area (Å²) in [6.45, 7) is 4.86. The van der Waals surface area contributed by atoms with Crippen molar-refractivity contribution in [1.29, 1.82) is 0 Å². The van der Waals surface area contributed by atoms with Gasteiger partial charge in [0.15, 0.2) is 0 Å². The van der Waals surface area contributed by atoms with Crippen molar-refractivity contribution >= 4 is 0 Å². The Bertz CT molecular complexity index is 452. The zero-order valence-corrected chi connectivity index (χ0v) is 12.3. The van der Waals surface area contributed by atoms with E-state index < -0.39 is 0 Å². The Labute approximate surface area is 120 Å². The fourth-order valence-electron chi connectivity index (χ4n) is 2.77. The molecule has 0 saturated heterocycles. The second kappa shape index (κ2) is 6.55. The third-order valence-corrected chi connectivity index (χ3v) is 4.06. The lowest BCUT2D eigenvalue weighted by molar-refractivity contribution is 0.140. The van der Waals surface area contributed by atoms with Crippen LogP contribution < -0.4 is 10.1 Å². The van der Waals surface area contributed by atoms with Crippen molar-refractivity contribution in [2.24, 2.45) is 0 Å². The molecule has 1 aliphatic carbocycles. The van der Waals surface area contributed by atoms with Crippen molar-refractivity contribution in [2.45, 2.75) is 51.2 Å². The highest BCUT2D eigenvalue weighted by Gasteiger charge is 2.39. The largest absolute Gasteiger partial charge is 0.490 e. The van der Waals surface area contributed by atoms with E-state index >= 15 is 0 Å². The van der Waals surface area contributed by atoms with Crippen molar-refractivity contribution in [3.05, 3.63) is 29.6 Å². The van der Waals surface area contributed by atoms with Crippen LogP contribution in [0.15, 0.2) is 18.2 Å². The summed E-state index contributed by atoms with van der Waals surface area (Å²) in [5, 5.41) is 13.1. The Morgan fingerprint density at radius 3 is 2.95 bits per heavy atom. The van der Waals surface area contributed by atoms with Gasteiger partial charge in [0.2, 0.25) is 0 Å². The van der Waals surface area contributed by atoms with Crippen LogP contribution in [0, 0.1) is 12.7 Å². The van der Waals surface area contributed by atoms with Gasteiger partial charge < -0.3 is 15.2 Å². The summed E-state index contributed by atoms with van der Waals surface area (Å²) in [6.07, 6.45) is 3.61. The smallest absolute Gasteiger partial charge is 0.129 e. The van der Waals surface area contributed by atoms with Gasteiger partial charge in [-0.2, -0.15) is 0 Å². The number of hydrogen-bond acceptors (Lipinski definition) is 3. The lowest BCUT2D eigenvalue weighted by Gasteiger charge is -2.28. The first kappa shape index (κ1) is 15.3. The number of nitrogens with one attached hydrogen (secondary N) is 1. The van der Waals surface area contributed by atoms with E-state index in [-0.39, 0.29) is 24.1 Å². The number of halogens is 1. The van der Waals surface area contributed by atoms with Gasteiger partial charge in [-0.1, -0.05) is 13.0 Å². The SMILES string of the molecule is CCCNC1(CO)CCC(Oc2ccc(C)c(F)c2)C1. The van der Waals surface area contributed by atoms with Crippen molar-refractivity contribution in [3.8, 4) is 5.75 Å². The molecule has 1 aliphatic rings. The molecule has 0 heterocycles. The summed E-state index contributed by atoms with van der Waals surface area (Å²) in [5.74, 6) is 0.334. The summed E-state index contributed by atoms with van der Waals surface area (Å²) in [6, 6.07) is 4.97. The molecule has 0 radical (unpaired) electrons. The Morgan fingerprint density at radius 1 is 1.50 bits per heavy atom. The van der Waals surface area contributed by atoms with Crippen LogP contribution in [0.3, 0.4) is 0 Å². The van der Waals surface area contributed by atoms with E-state index in [9.17, 15) is 9.50 Å². The molecule has 2 rings (SSSR count). The Kier molecular flexibility index (Phi) is 5.00. The molecule has 0 aromatic heterocycles. The van der Waals surface area contributed by atoms with Crippen LogP contribution in [0.25, 0.3) is 0 Å². The minimum atomic E-state index is -0.238. The number of aryl methyl sites for hydroxylation is 1. The van der Waals surface area contributed by atoms with E-state index in [1.807, 2.05) is 0 Å². The highest BCUT2D eigenvalue weighted by atomic mass is 19.1.